The zero-order chi connectivity index (χ0) is 19.9. The Labute approximate surface area is 170 Å². The van der Waals surface area contributed by atoms with Gasteiger partial charge in [0, 0.05) is 23.8 Å². The Balaban J connectivity index is 1.59. The summed E-state index contributed by atoms with van der Waals surface area (Å²) in [5, 5.41) is 6.82. The van der Waals surface area contributed by atoms with Gasteiger partial charge in [0.2, 0.25) is 5.95 Å². The van der Waals surface area contributed by atoms with E-state index in [1.54, 1.807) is 6.07 Å². The van der Waals surface area contributed by atoms with Gasteiger partial charge in [-0.15, -0.1) is 0 Å². The summed E-state index contributed by atoms with van der Waals surface area (Å²) in [6.45, 7) is 4.98. The molecule has 3 aromatic rings. The number of aromatic nitrogens is 2. The van der Waals surface area contributed by atoms with Gasteiger partial charge in [-0.25, -0.2) is 9.97 Å². The van der Waals surface area contributed by atoms with Gasteiger partial charge in [-0.05, 0) is 49.6 Å². The lowest BCUT2D eigenvalue weighted by molar-refractivity contribution is 0.0945. The fourth-order valence-electron chi connectivity index (χ4n) is 2.87. The second-order valence-corrected chi connectivity index (χ2v) is 7.13. The van der Waals surface area contributed by atoms with Crippen molar-refractivity contribution in [3.05, 3.63) is 87.7 Å². The Morgan fingerprint density at radius 3 is 2.57 bits per heavy atom. The lowest BCUT2D eigenvalue weighted by Gasteiger charge is -2.09. The molecule has 1 amide bonds. The van der Waals surface area contributed by atoms with Crippen molar-refractivity contribution < 1.29 is 4.79 Å². The van der Waals surface area contributed by atoms with Crippen LogP contribution in [-0.2, 0) is 13.0 Å². The number of nitrogens with one attached hydrogen (secondary N) is 2. The molecule has 5 nitrogen and oxygen atoms in total. The number of nitrogens with zero attached hydrogens (tertiary/aromatic N) is 2. The van der Waals surface area contributed by atoms with E-state index in [1.165, 1.54) is 0 Å². The highest BCUT2D eigenvalue weighted by Crippen LogP contribution is 2.12. The van der Waals surface area contributed by atoms with Crippen LogP contribution in [0.2, 0.25) is 5.02 Å². The molecule has 2 aromatic carbocycles. The molecule has 0 aliphatic heterocycles. The fourth-order valence-corrected chi connectivity index (χ4v) is 3.08. The second-order valence-electron chi connectivity index (χ2n) is 6.70. The highest BCUT2D eigenvalue weighted by Gasteiger charge is 2.10. The first-order chi connectivity index (χ1) is 13.5. The summed E-state index contributed by atoms with van der Waals surface area (Å²) in [6, 6.07) is 17.5. The number of carbonyl (C=O) groups is 1. The molecule has 1 aromatic heterocycles. The van der Waals surface area contributed by atoms with Crippen molar-refractivity contribution in [2.75, 3.05) is 11.9 Å². The van der Waals surface area contributed by atoms with Crippen LogP contribution in [-0.4, -0.2) is 22.4 Å². The van der Waals surface area contributed by atoms with E-state index in [-0.39, 0.29) is 5.91 Å². The zero-order valence-corrected chi connectivity index (χ0v) is 16.8. The number of hydrogen-bond donors (Lipinski definition) is 2. The zero-order valence-electron chi connectivity index (χ0n) is 16.0. The lowest BCUT2D eigenvalue weighted by atomic mass is 10.1. The van der Waals surface area contributed by atoms with E-state index in [0.717, 1.165) is 33.8 Å². The maximum absolute atomic E-state index is 12.5. The van der Waals surface area contributed by atoms with Crippen molar-refractivity contribution in [3.63, 3.8) is 0 Å². The van der Waals surface area contributed by atoms with Crippen LogP contribution in [0, 0.1) is 13.8 Å². The Bertz CT molecular complexity index is 974. The molecule has 0 spiro atoms. The van der Waals surface area contributed by atoms with Gasteiger partial charge in [-0.3, -0.25) is 4.79 Å². The third-order valence-electron chi connectivity index (χ3n) is 4.21. The molecule has 28 heavy (non-hydrogen) atoms. The van der Waals surface area contributed by atoms with Crippen molar-refractivity contribution in [1.82, 2.24) is 15.3 Å². The molecule has 144 valence electrons. The summed E-state index contributed by atoms with van der Waals surface area (Å²) in [6.07, 6.45) is 0.784. The van der Waals surface area contributed by atoms with Crippen LogP contribution in [0.5, 0.6) is 0 Å². The molecule has 0 bridgehead atoms. The highest BCUT2D eigenvalue weighted by atomic mass is 35.5. The van der Waals surface area contributed by atoms with Crippen LogP contribution in [0.15, 0.2) is 54.6 Å². The Morgan fingerprint density at radius 1 is 1.00 bits per heavy atom. The normalized spacial score (nSPS) is 10.5. The number of benzene rings is 2. The molecule has 0 saturated carbocycles. The number of carbonyl (C=O) groups excluding carboxylic acids is 1. The molecule has 2 N–H and O–H groups in total. The molecule has 0 saturated heterocycles. The largest absolute Gasteiger partial charge is 0.354 e. The van der Waals surface area contributed by atoms with Gasteiger partial charge in [-0.1, -0.05) is 53.6 Å². The Hall–Kier alpha value is -2.92. The summed E-state index contributed by atoms with van der Waals surface area (Å²) in [5.41, 5.74) is 4.44. The maximum atomic E-state index is 12.5. The van der Waals surface area contributed by atoms with Crippen molar-refractivity contribution in [3.8, 4) is 0 Å². The van der Waals surface area contributed by atoms with Crippen LogP contribution in [0.3, 0.4) is 0 Å². The van der Waals surface area contributed by atoms with E-state index < -0.39 is 0 Å². The van der Waals surface area contributed by atoms with Crippen molar-refractivity contribution in [1.29, 1.82) is 0 Å². The number of amides is 1. The van der Waals surface area contributed by atoms with Crippen LogP contribution < -0.4 is 10.6 Å². The van der Waals surface area contributed by atoms with E-state index >= 15 is 0 Å². The summed E-state index contributed by atoms with van der Waals surface area (Å²) in [7, 11) is 0. The third-order valence-corrected chi connectivity index (χ3v) is 4.44. The van der Waals surface area contributed by atoms with Crippen molar-refractivity contribution in [2.45, 2.75) is 26.8 Å². The molecule has 0 radical (unpaired) electrons. The minimum atomic E-state index is -0.218. The maximum Gasteiger partial charge on any atom is 0.270 e. The predicted octanol–water partition coefficient (Wildman–Crippen LogP) is 4.33. The van der Waals surface area contributed by atoms with Gasteiger partial charge in [0.05, 0.1) is 0 Å². The third kappa shape index (κ3) is 5.79. The van der Waals surface area contributed by atoms with E-state index in [1.807, 2.05) is 62.4 Å². The number of hydrogen-bond acceptors (Lipinski definition) is 4. The standard InChI is InChI=1S/C22H23ClN4O/c1-15-5-3-7-18(11-15)14-25-21(28)20-12-16(2)26-22(27-20)24-10-9-17-6-4-8-19(23)13-17/h3-8,11-13H,9-10,14H2,1-2H3,(H,25,28)(H,24,26,27). The lowest BCUT2D eigenvalue weighted by Crippen LogP contribution is -2.24. The van der Waals surface area contributed by atoms with Gasteiger partial charge in [-0.2, -0.15) is 0 Å². The number of anilines is 1. The summed E-state index contributed by atoms with van der Waals surface area (Å²) < 4.78 is 0. The first-order valence-electron chi connectivity index (χ1n) is 9.17. The Kier molecular flexibility index (Phi) is 6.61. The van der Waals surface area contributed by atoms with Gasteiger partial charge in [0.15, 0.2) is 0 Å². The number of rotatable bonds is 7. The van der Waals surface area contributed by atoms with E-state index in [4.69, 9.17) is 11.6 Å². The van der Waals surface area contributed by atoms with Crippen LogP contribution in [0.1, 0.15) is 32.9 Å². The van der Waals surface area contributed by atoms with Crippen molar-refractivity contribution >= 4 is 23.5 Å². The molecule has 0 aliphatic rings. The molecule has 6 heteroatoms. The number of halogens is 1. The van der Waals surface area contributed by atoms with Gasteiger partial charge in [0.1, 0.15) is 5.69 Å². The smallest absolute Gasteiger partial charge is 0.270 e. The predicted molar refractivity (Wildman–Crippen MR) is 113 cm³/mol. The minimum absolute atomic E-state index is 0.218. The average Bonchev–Trinajstić information content (AvgIpc) is 2.66. The molecule has 0 aliphatic carbocycles. The van der Waals surface area contributed by atoms with E-state index in [2.05, 4.69) is 20.6 Å². The quantitative estimate of drug-likeness (QED) is 0.625. The summed E-state index contributed by atoms with van der Waals surface area (Å²) in [4.78, 5) is 21.2. The molecule has 0 fully saturated rings. The van der Waals surface area contributed by atoms with E-state index in [0.29, 0.717) is 24.7 Å². The van der Waals surface area contributed by atoms with Gasteiger partial charge in [0.25, 0.3) is 5.91 Å². The van der Waals surface area contributed by atoms with Gasteiger partial charge >= 0.3 is 0 Å². The molecule has 0 unspecified atom stereocenters. The molecular formula is C22H23ClN4O. The topological polar surface area (TPSA) is 66.9 Å². The Morgan fingerprint density at radius 2 is 1.79 bits per heavy atom. The molecule has 0 atom stereocenters. The van der Waals surface area contributed by atoms with Crippen molar-refractivity contribution in [2.24, 2.45) is 0 Å². The monoisotopic (exact) mass is 394 g/mol. The average molecular weight is 395 g/mol. The second kappa shape index (κ2) is 9.33. The number of aryl methyl sites for hydroxylation is 2. The first-order valence-corrected chi connectivity index (χ1v) is 9.55. The first kappa shape index (κ1) is 19.8. The van der Waals surface area contributed by atoms with Crippen LogP contribution in [0.4, 0.5) is 5.95 Å². The highest BCUT2D eigenvalue weighted by molar-refractivity contribution is 6.30. The molecule has 1 heterocycles. The molecular weight excluding hydrogens is 372 g/mol. The van der Waals surface area contributed by atoms with Crippen LogP contribution >= 0.6 is 11.6 Å². The summed E-state index contributed by atoms with van der Waals surface area (Å²) >= 11 is 6.01. The minimum Gasteiger partial charge on any atom is -0.354 e. The van der Waals surface area contributed by atoms with Crippen LogP contribution in [0.25, 0.3) is 0 Å². The molecule has 3 rings (SSSR count). The SMILES string of the molecule is Cc1cccc(CNC(=O)c2cc(C)nc(NCCc3cccc(Cl)c3)n2)c1. The van der Waals surface area contributed by atoms with E-state index in [9.17, 15) is 4.79 Å². The fraction of sp³-hybridized carbons (Fsp3) is 0.227. The van der Waals surface area contributed by atoms with Gasteiger partial charge < -0.3 is 10.6 Å². The summed E-state index contributed by atoms with van der Waals surface area (Å²) in [5.74, 6) is 0.229.